The molecule has 0 radical (unpaired) electrons. The molecule has 0 aromatic heterocycles. The predicted octanol–water partition coefficient (Wildman–Crippen LogP) is 2.50. The number of hydrogen-bond acceptors (Lipinski definition) is 3. The molecule has 0 aliphatic heterocycles. The molecule has 96 valence electrons. The summed E-state index contributed by atoms with van der Waals surface area (Å²) in [6.45, 7) is 2.71. The summed E-state index contributed by atoms with van der Waals surface area (Å²) in [5, 5.41) is 0. The number of carbonyl (C=O) groups is 1. The van der Waals surface area contributed by atoms with E-state index in [4.69, 9.17) is 4.74 Å². The van der Waals surface area contributed by atoms with E-state index in [0.29, 0.717) is 5.56 Å². The monoisotopic (exact) mass is 257 g/mol. The van der Waals surface area contributed by atoms with E-state index in [0.717, 1.165) is 12.3 Å². The number of rotatable bonds is 5. The lowest BCUT2D eigenvalue weighted by Crippen LogP contribution is -2.25. The summed E-state index contributed by atoms with van der Waals surface area (Å²) >= 11 is 0. The van der Waals surface area contributed by atoms with Gasteiger partial charge in [0.2, 0.25) is 0 Å². The van der Waals surface area contributed by atoms with E-state index in [1.165, 1.54) is 0 Å². The van der Waals surface area contributed by atoms with E-state index in [1.807, 2.05) is 44.1 Å². The minimum atomic E-state index is 0. The molecule has 0 fully saturated rings. The molecule has 1 rings (SSSR count). The van der Waals surface area contributed by atoms with Crippen LogP contribution < -0.4 is 4.74 Å². The minimum absolute atomic E-state index is 0. The third-order valence-corrected chi connectivity index (χ3v) is 2.44. The zero-order chi connectivity index (χ0) is 12.1. The van der Waals surface area contributed by atoms with Gasteiger partial charge in [0.1, 0.15) is 5.75 Å². The summed E-state index contributed by atoms with van der Waals surface area (Å²) in [7, 11) is 5.54. The number of halogens is 1. The number of benzene rings is 1. The number of methoxy groups -OCH3 is 1. The lowest BCUT2D eigenvalue weighted by atomic mass is 9.99. The summed E-state index contributed by atoms with van der Waals surface area (Å²) < 4.78 is 5.10. The summed E-state index contributed by atoms with van der Waals surface area (Å²) in [5.41, 5.74) is 0.716. The van der Waals surface area contributed by atoms with E-state index in [2.05, 4.69) is 0 Å². The Morgan fingerprint density at radius 2 is 2.06 bits per heavy atom. The van der Waals surface area contributed by atoms with Gasteiger partial charge >= 0.3 is 0 Å². The maximum absolute atomic E-state index is 12.1. The van der Waals surface area contributed by atoms with Crippen molar-refractivity contribution < 1.29 is 9.53 Å². The van der Waals surface area contributed by atoms with Gasteiger partial charge in [-0.2, -0.15) is 0 Å². The minimum Gasteiger partial charge on any atom is -0.497 e. The smallest absolute Gasteiger partial charge is 0.167 e. The zero-order valence-electron chi connectivity index (χ0n) is 10.8. The van der Waals surface area contributed by atoms with Crippen molar-refractivity contribution in [3.05, 3.63) is 29.8 Å². The van der Waals surface area contributed by atoms with Crippen molar-refractivity contribution >= 4 is 18.2 Å². The predicted molar refractivity (Wildman–Crippen MR) is 72.3 cm³/mol. The summed E-state index contributed by atoms with van der Waals surface area (Å²) in [6.07, 6.45) is 0. The van der Waals surface area contributed by atoms with Crippen molar-refractivity contribution in [1.82, 2.24) is 4.90 Å². The Bertz CT molecular complexity index is 366. The first kappa shape index (κ1) is 15.9. The molecule has 0 spiro atoms. The number of nitrogens with zero attached hydrogens (tertiary/aromatic N) is 1. The molecule has 0 saturated carbocycles. The molecule has 3 nitrogen and oxygen atoms in total. The summed E-state index contributed by atoms with van der Waals surface area (Å²) in [4.78, 5) is 14.1. The Balaban J connectivity index is 0.00000256. The number of carbonyl (C=O) groups excluding carboxylic acids is 1. The van der Waals surface area contributed by atoms with Gasteiger partial charge in [-0.05, 0) is 26.2 Å². The molecule has 0 saturated heterocycles. The van der Waals surface area contributed by atoms with E-state index in [-0.39, 0.29) is 24.1 Å². The van der Waals surface area contributed by atoms with Gasteiger partial charge in [0, 0.05) is 18.0 Å². The van der Waals surface area contributed by atoms with Gasteiger partial charge in [0.05, 0.1) is 7.11 Å². The Kier molecular flexibility index (Phi) is 6.85. The molecule has 1 aromatic rings. The zero-order valence-corrected chi connectivity index (χ0v) is 11.6. The van der Waals surface area contributed by atoms with Crippen LogP contribution in [0.2, 0.25) is 0 Å². The molecule has 0 aliphatic carbocycles. The maximum Gasteiger partial charge on any atom is 0.167 e. The van der Waals surface area contributed by atoms with Crippen LogP contribution in [0.5, 0.6) is 5.75 Å². The quantitative estimate of drug-likeness (QED) is 0.759. The first-order valence-corrected chi connectivity index (χ1v) is 5.37. The third-order valence-electron chi connectivity index (χ3n) is 2.44. The van der Waals surface area contributed by atoms with Gasteiger partial charge in [-0.1, -0.05) is 19.1 Å². The molecule has 0 N–H and O–H groups in total. The van der Waals surface area contributed by atoms with Crippen LogP contribution in [0.4, 0.5) is 0 Å². The van der Waals surface area contributed by atoms with Crippen molar-refractivity contribution in [2.75, 3.05) is 27.7 Å². The number of Topliss-reactive ketones (excluding diaryl/α,β-unsaturated/α-hetero) is 1. The van der Waals surface area contributed by atoms with Gasteiger partial charge < -0.3 is 9.64 Å². The topological polar surface area (TPSA) is 29.5 Å². The van der Waals surface area contributed by atoms with Crippen molar-refractivity contribution in [2.24, 2.45) is 5.92 Å². The Morgan fingerprint density at radius 3 is 2.59 bits per heavy atom. The molecule has 17 heavy (non-hydrogen) atoms. The highest BCUT2D eigenvalue weighted by Gasteiger charge is 2.16. The molecule has 0 bridgehead atoms. The standard InChI is InChI=1S/C13H19NO2.ClH/c1-10(9-14(2)3)13(15)11-6-5-7-12(8-11)16-4;/h5-8,10H,9H2,1-4H3;1H. The van der Waals surface area contributed by atoms with Crippen molar-refractivity contribution in [1.29, 1.82) is 0 Å². The van der Waals surface area contributed by atoms with E-state index in [9.17, 15) is 4.79 Å². The number of hydrogen-bond donors (Lipinski definition) is 0. The molecular formula is C13H20ClNO2. The van der Waals surface area contributed by atoms with Crippen LogP contribution in [0.3, 0.4) is 0 Å². The maximum atomic E-state index is 12.1. The molecule has 1 unspecified atom stereocenters. The van der Waals surface area contributed by atoms with Crippen molar-refractivity contribution in [3.63, 3.8) is 0 Å². The summed E-state index contributed by atoms with van der Waals surface area (Å²) in [6, 6.07) is 7.30. The Labute approximate surface area is 109 Å². The van der Waals surface area contributed by atoms with Crippen LogP contribution in [0.25, 0.3) is 0 Å². The second-order valence-electron chi connectivity index (χ2n) is 4.26. The van der Waals surface area contributed by atoms with Gasteiger partial charge in [-0.25, -0.2) is 0 Å². The average molecular weight is 258 g/mol. The van der Waals surface area contributed by atoms with Gasteiger partial charge in [-0.15, -0.1) is 12.4 Å². The Hall–Kier alpha value is -1.06. The molecule has 1 atom stereocenters. The molecule has 4 heteroatoms. The van der Waals surface area contributed by atoms with E-state index >= 15 is 0 Å². The fraction of sp³-hybridized carbons (Fsp3) is 0.462. The highest BCUT2D eigenvalue weighted by atomic mass is 35.5. The second-order valence-corrected chi connectivity index (χ2v) is 4.26. The first-order valence-electron chi connectivity index (χ1n) is 5.37. The number of ether oxygens (including phenoxy) is 1. The average Bonchev–Trinajstić information content (AvgIpc) is 2.27. The number of ketones is 1. The fourth-order valence-corrected chi connectivity index (χ4v) is 1.69. The van der Waals surface area contributed by atoms with Crippen LogP contribution in [0, 0.1) is 5.92 Å². The lowest BCUT2D eigenvalue weighted by molar-refractivity contribution is 0.0909. The molecule has 0 aliphatic rings. The first-order chi connectivity index (χ1) is 7.54. The Morgan fingerprint density at radius 1 is 1.41 bits per heavy atom. The van der Waals surface area contributed by atoms with Crippen LogP contribution in [-0.4, -0.2) is 38.4 Å². The van der Waals surface area contributed by atoms with Crippen molar-refractivity contribution in [2.45, 2.75) is 6.92 Å². The van der Waals surface area contributed by atoms with Crippen LogP contribution in [0.15, 0.2) is 24.3 Å². The van der Waals surface area contributed by atoms with Gasteiger partial charge in [0.25, 0.3) is 0 Å². The summed E-state index contributed by atoms with van der Waals surface area (Å²) in [5.74, 6) is 0.887. The lowest BCUT2D eigenvalue weighted by Gasteiger charge is -2.16. The molecule has 1 aromatic carbocycles. The third kappa shape index (κ3) is 4.75. The molecular weight excluding hydrogens is 238 g/mol. The highest BCUT2D eigenvalue weighted by Crippen LogP contribution is 2.16. The van der Waals surface area contributed by atoms with Crippen LogP contribution >= 0.6 is 12.4 Å². The normalized spacial score (nSPS) is 11.8. The fourth-order valence-electron chi connectivity index (χ4n) is 1.69. The largest absolute Gasteiger partial charge is 0.497 e. The van der Waals surface area contributed by atoms with Crippen molar-refractivity contribution in [3.8, 4) is 5.75 Å². The van der Waals surface area contributed by atoms with Gasteiger partial charge in [0.15, 0.2) is 5.78 Å². The van der Waals surface area contributed by atoms with E-state index < -0.39 is 0 Å². The van der Waals surface area contributed by atoms with Crippen LogP contribution in [0.1, 0.15) is 17.3 Å². The second kappa shape index (κ2) is 7.30. The molecule has 0 amide bonds. The van der Waals surface area contributed by atoms with Crippen LogP contribution in [-0.2, 0) is 0 Å². The van der Waals surface area contributed by atoms with E-state index in [1.54, 1.807) is 13.2 Å². The SMILES string of the molecule is COc1cccc(C(=O)C(C)CN(C)C)c1.Cl. The van der Waals surface area contributed by atoms with Gasteiger partial charge in [-0.3, -0.25) is 4.79 Å². The highest BCUT2D eigenvalue weighted by molar-refractivity contribution is 5.98. The molecule has 0 heterocycles.